The molecule has 13 rings (SSSR count). The Morgan fingerprint density at radius 3 is 1.90 bits per heavy atom. The van der Waals surface area contributed by atoms with Crippen LogP contribution in [0.15, 0.2) is 217 Å². The van der Waals surface area contributed by atoms with Crippen molar-refractivity contribution in [2.75, 3.05) is 4.90 Å². The summed E-state index contributed by atoms with van der Waals surface area (Å²) in [5.41, 5.74) is 18.9. The van der Waals surface area contributed by atoms with E-state index in [0.29, 0.717) is 5.92 Å². The third kappa shape index (κ3) is 6.48. The maximum absolute atomic E-state index is 6.50. The van der Waals surface area contributed by atoms with Gasteiger partial charge in [0.25, 0.3) is 0 Å². The van der Waals surface area contributed by atoms with Gasteiger partial charge in [-0.1, -0.05) is 184 Å². The maximum atomic E-state index is 6.50. The summed E-state index contributed by atoms with van der Waals surface area (Å²) in [6.45, 7) is 2.57. The van der Waals surface area contributed by atoms with Crippen LogP contribution in [0.4, 0.5) is 17.1 Å². The standard InChI is InChI=1S/C65H52N2O/c1-65(46-22-4-2-5-23-46)43-19-21-45-20-16-32-53(64(45)65)51-27-9-13-34-57(51)66(56-33-12-8-26-50(56)52-31-18-38-61-63(52)55-29-11-15-37-60(55)68-61)48-41-39-44(40-42-48)49-30-17-36-59-62(49)54-28-10-14-35-58(54)67(59)47-24-6-3-7-25-47/h3,6-21,24-42,46H,2,4-5,22-23,43H2,1H3. The predicted molar refractivity (Wildman–Crippen MR) is 287 cm³/mol. The molecule has 11 aromatic rings. The van der Waals surface area contributed by atoms with Crippen molar-refractivity contribution in [3.05, 3.63) is 223 Å². The number of furan rings is 1. The van der Waals surface area contributed by atoms with E-state index in [4.69, 9.17) is 4.42 Å². The zero-order chi connectivity index (χ0) is 45.2. The molecule has 9 aromatic carbocycles. The van der Waals surface area contributed by atoms with Gasteiger partial charge in [-0.3, -0.25) is 0 Å². The first-order chi connectivity index (χ1) is 33.6. The molecule has 0 saturated heterocycles. The second-order valence-electron chi connectivity index (χ2n) is 19.2. The number of aromatic nitrogens is 1. The molecule has 1 atom stereocenters. The number of rotatable bonds is 8. The summed E-state index contributed by atoms with van der Waals surface area (Å²) in [6, 6.07) is 75.7. The van der Waals surface area contributed by atoms with E-state index in [2.05, 4.69) is 235 Å². The number of allylic oxidation sites excluding steroid dienone is 1. The van der Waals surface area contributed by atoms with Gasteiger partial charge in [0.1, 0.15) is 11.2 Å². The zero-order valence-corrected chi connectivity index (χ0v) is 38.4. The number of benzene rings is 9. The minimum Gasteiger partial charge on any atom is -0.456 e. The lowest BCUT2D eigenvalue weighted by molar-refractivity contribution is 0.219. The van der Waals surface area contributed by atoms with Crippen molar-refractivity contribution in [2.24, 2.45) is 5.92 Å². The first-order valence-corrected chi connectivity index (χ1v) is 24.5. The summed E-state index contributed by atoms with van der Waals surface area (Å²) in [4.78, 5) is 2.52. The Hall–Kier alpha value is -7.88. The second-order valence-corrected chi connectivity index (χ2v) is 19.2. The molecule has 2 aliphatic rings. The van der Waals surface area contributed by atoms with Crippen LogP contribution in [0.5, 0.6) is 0 Å². The highest BCUT2D eigenvalue weighted by Crippen LogP contribution is 2.53. The topological polar surface area (TPSA) is 21.3 Å². The molecule has 328 valence electrons. The molecule has 0 radical (unpaired) electrons. The number of hydrogen-bond donors (Lipinski definition) is 0. The smallest absolute Gasteiger partial charge is 0.136 e. The summed E-state index contributed by atoms with van der Waals surface area (Å²) in [5.74, 6) is 0.647. The van der Waals surface area contributed by atoms with Crippen molar-refractivity contribution in [2.45, 2.75) is 50.9 Å². The minimum atomic E-state index is 0.0429. The average molecular weight is 877 g/mol. The van der Waals surface area contributed by atoms with Gasteiger partial charge in [-0.15, -0.1) is 0 Å². The summed E-state index contributed by atoms with van der Waals surface area (Å²) in [5, 5.41) is 4.77. The van der Waals surface area contributed by atoms with E-state index in [1.807, 2.05) is 0 Å². The Balaban J connectivity index is 1.03. The van der Waals surface area contributed by atoms with E-state index < -0.39 is 0 Å². The summed E-state index contributed by atoms with van der Waals surface area (Å²) in [7, 11) is 0. The minimum absolute atomic E-state index is 0.0429. The summed E-state index contributed by atoms with van der Waals surface area (Å²) in [6.07, 6.45) is 12.5. The Morgan fingerprint density at radius 2 is 1.09 bits per heavy atom. The third-order valence-corrected chi connectivity index (χ3v) is 15.4. The highest BCUT2D eigenvalue weighted by atomic mass is 16.3. The Bertz CT molecular complexity index is 3720. The maximum Gasteiger partial charge on any atom is 0.136 e. The lowest BCUT2D eigenvalue weighted by atomic mass is 9.60. The number of fused-ring (bicyclic) bond motifs is 7. The molecule has 0 spiro atoms. The Kier molecular flexibility index (Phi) is 9.78. The predicted octanol–water partition coefficient (Wildman–Crippen LogP) is 18.4. The van der Waals surface area contributed by atoms with E-state index in [1.165, 1.54) is 87.3 Å². The number of hydrogen-bond acceptors (Lipinski definition) is 2. The first kappa shape index (κ1) is 40.4. The highest BCUT2D eigenvalue weighted by molar-refractivity contribution is 6.16. The van der Waals surface area contributed by atoms with Gasteiger partial charge < -0.3 is 13.9 Å². The van der Waals surface area contributed by atoms with Gasteiger partial charge in [-0.05, 0) is 125 Å². The van der Waals surface area contributed by atoms with Crippen molar-refractivity contribution in [3.8, 4) is 39.1 Å². The van der Waals surface area contributed by atoms with Gasteiger partial charge in [-0.2, -0.15) is 0 Å². The molecule has 0 bridgehead atoms. The number of nitrogens with zero attached hydrogens (tertiary/aromatic N) is 2. The number of anilines is 3. The molecule has 3 heteroatoms. The lowest BCUT2D eigenvalue weighted by Gasteiger charge is -2.44. The fraction of sp³-hybridized carbons (Fsp3) is 0.138. The highest BCUT2D eigenvalue weighted by Gasteiger charge is 2.40. The first-order valence-electron chi connectivity index (χ1n) is 24.5. The molecule has 2 heterocycles. The molecule has 68 heavy (non-hydrogen) atoms. The molecular weight excluding hydrogens is 825 g/mol. The fourth-order valence-corrected chi connectivity index (χ4v) is 12.3. The van der Waals surface area contributed by atoms with Crippen LogP contribution in [0, 0.1) is 5.92 Å². The zero-order valence-electron chi connectivity index (χ0n) is 38.4. The molecule has 0 aliphatic heterocycles. The molecule has 1 fully saturated rings. The van der Waals surface area contributed by atoms with Gasteiger partial charge in [0, 0.05) is 44.0 Å². The van der Waals surface area contributed by atoms with Crippen molar-refractivity contribution in [1.82, 2.24) is 4.57 Å². The quantitative estimate of drug-likeness (QED) is 0.152. The molecule has 2 aromatic heterocycles. The Labute approximate surface area is 398 Å². The van der Waals surface area contributed by atoms with Crippen LogP contribution in [0.2, 0.25) is 0 Å². The van der Waals surface area contributed by atoms with Gasteiger partial charge in [0.2, 0.25) is 0 Å². The van der Waals surface area contributed by atoms with E-state index >= 15 is 0 Å². The van der Waals surface area contributed by atoms with E-state index in [-0.39, 0.29) is 5.41 Å². The van der Waals surface area contributed by atoms with Crippen molar-refractivity contribution in [3.63, 3.8) is 0 Å². The van der Waals surface area contributed by atoms with Crippen LogP contribution >= 0.6 is 0 Å². The second kappa shape index (κ2) is 16.5. The van der Waals surface area contributed by atoms with Crippen molar-refractivity contribution < 1.29 is 4.42 Å². The molecule has 2 aliphatic carbocycles. The molecule has 0 amide bonds. The van der Waals surface area contributed by atoms with E-state index in [0.717, 1.165) is 62.2 Å². The van der Waals surface area contributed by atoms with Crippen LogP contribution in [0.1, 0.15) is 56.6 Å². The van der Waals surface area contributed by atoms with Crippen LogP contribution in [0.25, 0.3) is 88.9 Å². The van der Waals surface area contributed by atoms with Crippen molar-refractivity contribution in [1.29, 1.82) is 0 Å². The van der Waals surface area contributed by atoms with Crippen LogP contribution in [-0.2, 0) is 5.41 Å². The fourth-order valence-electron chi connectivity index (χ4n) is 12.3. The van der Waals surface area contributed by atoms with Gasteiger partial charge in [0.05, 0.1) is 22.4 Å². The average Bonchev–Trinajstić information content (AvgIpc) is 3.96. The van der Waals surface area contributed by atoms with Gasteiger partial charge >= 0.3 is 0 Å². The molecule has 3 nitrogen and oxygen atoms in total. The Morgan fingerprint density at radius 1 is 0.485 bits per heavy atom. The summed E-state index contributed by atoms with van der Waals surface area (Å²) < 4.78 is 8.90. The molecule has 1 unspecified atom stereocenters. The molecule has 1 saturated carbocycles. The summed E-state index contributed by atoms with van der Waals surface area (Å²) >= 11 is 0. The molecule has 0 N–H and O–H groups in total. The number of para-hydroxylation sites is 5. The lowest BCUT2D eigenvalue weighted by Crippen LogP contribution is -2.35. The van der Waals surface area contributed by atoms with Crippen LogP contribution in [0.3, 0.4) is 0 Å². The van der Waals surface area contributed by atoms with Gasteiger partial charge in [0.15, 0.2) is 0 Å². The third-order valence-electron chi connectivity index (χ3n) is 15.4. The normalized spacial score (nSPS) is 16.2. The van der Waals surface area contributed by atoms with Crippen molar-refractivity contribution >= 4 is 66.9 Å². The SMILES string of the molecule is CC1(C2CCCCC2)CC=Cc2cccc(-c3ccccc3N(c3ccc(-c4cccc5c4c4ccccc4n5-c4ccccc4)cc3)c3ccccc3-c3cccc4oc5ccccc5c34)c21. The van der Waals surface area contributed by atoms with Gasteiger partial charge in [-0.25, -0.2) is 0 Å². The van der Waals surface area contributed by atoms with E-state index in [9.17, 15) is 0 Å². The monoisotopic (exact) mass is 876 g/mol. The van der Waals surface area contributed by atoms with Crippen LogP contribution in [-0.4, -0.2) is 4.57 Å². The molecular formula is C65H52N2O. The van der Waals surface area contributed by atoms with Crippen LogP contribution < -0.4 is 4.90 Å². The van der Waals surface area contributed by atoms with E-state index in [1.54, 1.807) is 0 Å². The largest absolute Gasteiger partial charge is 0.456 e.